The predicted octanol–water partition coefficient (Wildman–Crippen LogP) is 18.3. The number of Topliss-reactive ketones (excluding diaryl/α,β-unsaturated/α-hetero) is 1. The van der Waals surface area contributed by atoms with Crippen LogP contribution in [0.15, 0.2) is 11.6 Å². The number of carbonyl (C=O) groups excluding carboxylic acids is 4. The molecule has 4 aliphatic rings. The van der Waals surface area contributed by atoms with Gasteiger partial charge in [-0.25, -0.2) is 0 Å². The fourth-order valence-electron chi connectivity index (χ4n) is 15.4. The van der Waals surface area contributed by atoms with Gasteiger partial charge in [0.2, 0.25) is 0 Å². The van der Waals surface area contributed by atoms with Gasteiger partial charge in [-0.15, -0.1) is 0 Å². The molecule has 0 aromatic rings. The number of carbonyl (C=O) groups is 4. The Morgan fingerprint density at radius 3 is 1.54 bits per heavy atom. The van der Waals surface area contributed by atoms with Crippen LogP contribution in [0.1, 0.15) is 324 Å². The Labute approximate surface area is 479 Å². The molecular weight excluding hydrogens is 971 g/mol. The minimum absolute atomic E-state index is 0.0256. The molecule has 78 heavy (non-hydrogen) atoms. The van der Waals surface area contributed by atoms with Crippen LogP contribution in [0.2, 0.25) is 0 Å². The van der Waals surface area contributed by atoms with Crippen molar-refractivity contribution in [3.8, 4) is 0 Å². The fraction of sp³-hybridized carbons (Fsp3) is 0.913. The van der Waals surface area contributed by atoms with Gasteiger partial charge in [0.1, 0.15) is 11.9 Å². The molecule has 0 saturated heterocycles. The third-order valence-electron chi connectivity index (χ3n) is 20.2. The van der Waals surface area contributed by atoms with Crippen molar-refractivity contribution in [2.24, 2.45) is 34.5 Å². The van der Waals surface area contributed by atoms with E-state index in [1.807, 2.05) is 6.92 Å². The van der Waals surface area contributed by atoms with Gasteiger partial charge in [0.05, 0.1) is 13.2 Å². The molecule has 0 bridgehead atoms. The molecule has 9 nitrogen and oxygen atoms in total. The summed E-state index contributed by atoms with van der Waals surface area (Å²) in [6, 6.07) is 0.231. The van der Waals surface area contributed by atoms with Gasteiger partial charge in [-0.2, -0.15) is 0 Å². The molecule has 7 atom stereocenters. The van der Waals surface area contributed by atoms with Crippen molar-refractivity contribution in [1.29, 1.82) is 0 Å². The molecule has 3 fully saturated rings. The average Bonchev–Trinajstić information content (AvgIpc) is 3.98. The van der Waals surface area contributed by atoms with Crippen LogP contribution < -0.4 is 0 Å². The molecule has 1 N–H and O–H groups in total. The molecule has 452 valence electrons. The van der Waals surface area contributed by atoms with Gasteiger partial charge in [0.25, 0.3) is 0 Å². The number of aliphatic hydroxyl groups excluding tert-OH is 1. The summed E-state index contributed by atoms with van der Waals surface area (Å²) in [6.45, 7) is 14.3. The number of ketones is 1. The van der Waals surface area contributed by atoms with E-state index in [9.17, 15) is 24.3 Å². The van der Waals surface area contributed by atoms with Crippen molar-refractivity contribution in [2.45, 2.75) is 336 Å². The van der Waals surface area contributed by atoms with Gasteiger partial charge in [0.15, 0.2) is 0 Å². The maximum absolute atomic E-state index is 13.3. The van der Waals surface area contributed by atoms with Crippen LogP contribution >= 0.6 is 0 Å². The fourth-order valence-corrected chi connectivity index (χ4v) is 15.4. The van der Waals surface area contributed by atoms with E-state index in [-0.39, 0.29) is 53.4 Å². The quantitative estimate of drug-likeness (QED) is 0.0275. The average molecular weight is 1090 g/mol. The number of unbranched alkanes of at least 4 members (excludes halogenated alkanes) is 26. The lowest BCUT2D eigenvalue weighted by molar-refractivity contribution is -0.152. The summed E-state index contributed by atoms with van der Waals surface area (Å²) in [5.41, 5.74) is 1.87. The third-order valence-corrected chi connectivity index (χ3v) is 20.2. The molecule has 3 saturated carbocycles. The van der Waals surface area contributed by atoms with Gasteiger partial charge >= 0.3 is 17.9 Å². The second-order valence-corrected chi connectivity index (χ2v) is 26.2. The van der Waals surface area contributed by atoms with Crippen molar-refractivity contribution in [1.82, 2.24) is 4.90 Å². The van der Waals surface area contributed by atoms with E-state index >= 15 is 0 Å². The Morgan fingerprint density at radius 2 is 1.03 bits per heavy atom. The van der Waals surface area contributed by atoms with E-state index in [4.69, 9.17) is 14.2 Å². The SMILES string of the molecule is CCCCCCCCCCCCCCOC(=O)CCCC(CCCC(=O)OCCCCCCCCCCCCCC)N(CCCCO)CCCCCCC(=O)OC1CCC2(C)C(=CCC3C2CCC2(C)C(C(C)=O)CCC32)C1. The molecule has 0 spiro atoms. The van der Waals surface area contributed by atoms with E-state index < -0.39 is 0 Å². The maximum atomic E-state index is 13.3. The third kappa shape index (κ3) is 25.5. The zero-order chi connectivity index (χ0) is 56.1. The highest BCUT2D eigenvalue weighted by Crippen LogP contribution is 2.66. The summed E-state index contributed by atoms with van der Waals surface area (Å²) in [5.74, 6) is 2.36. The summed E-state index contributed by atoms with van der Waals surface area (Å²) >= 11 is 0. The number of esters is 3. The molecule has 4 aliphatic carbocycles. The lowest BCUT2D eigenvalue weighted by Gasteiger charge is -2.58. The summed E-state index contributed by atoms with van der Waals surface area (Å²) in [7, 11) is 0. The number of nitrogens with zero attached hydrogens (tertiary/aromatic N) is 1. The van der Waals surface area contributed by atoms with Crippen LogP contribution in [0.4, 0.5) is 0 Å². The van der Waals surface area contributed by atoms with Gasteiger partial charge in [-0.05, 0) is 158 Å². The highest BCUT2D eigenvalue weighted by molar-refractivity contribution is 5.79. The maximum Gasteiger partial charge on any atom is 0.306 e. The smallest absolute Gasteiger partial charge is 0.306 e. The molecule has 0 aliphatic heterocycles. The van der Waals surface area contributed by atoms with Crippen LogP contribution in [-0.4, -0.2) is 78.8 Å². The number of hydrogen-bond donors (Lipinski definition) is 1. The normalized spacial score (nSPS) is 23.7. The Balaban J connectivity index is 1.17. The van der Waals surface area contributed by atoms with E-state index in [1.165, 1.54) is 153 Å². The van der Waals surface area contributed by atoms with E-state index in [1.54, 1.807) is 0 Å². The number of rotatable bonds is 48. The Hall–Kier alpha value is -2.26. The molecule has 0 aromatic carbocycles. The minimum atomic E-state index is -0.101. The zero-order valence-corrected chi connectivity index (χ0v) is 51.6. The van der Waals surface area contributed by atoms with Crippen molar-refractivity contribution in [3.05, 3.63) is 11.6 Å². The van der Waals surface area contributed by atoms with Crippen molar-refractivity contribution < 1.29 is 38.5 Å². The first kappa shape index (κ1) is 68.2. The second kappa shape index (κ2) is 40.9. The van der Waals surface area contributed by atoms with Crippen molar-refractivity contribution >= 4 is 23.7 Å². The second-order valence-electron chi connectivity index (χ2n) is 26.2. The first-order valence-electron chi connectivity index (χ1n) is 34.0. The standard InChI is InChI=1S/C69H123NO8/c1-6-8-10-12-14-16-18-20-22-24-28-34-54-76-65(73)41-36-38-59(39-37-42-66(74)77-55-35-29-25-23-21-19-17-15-13-11-9-7-2)70(52-32-33-53-71)51-31-27-26-30-40-67(75)78-60-47-49-68(4)58(56-60)43-44-61-63-46-45-62(57(3)72)69(63,5)50-48-64(61)68/h43,59-64,71H,6-42,44-56H2,1-5H3. The summed E-state index contributed by atoms with van der Waals surface area (Å²) < 4.78 is 17.6. The Kier molecular flexibility index (Phi) is 35.7. The lowest BCUT2D eigenvalue weighted by atomic mass is 9.47. The molecule has 0 radical (unpaired) electrons. The predicted molar refractivity (Wildman–Crippen MR) is 322 cm³/mol. The van der Waals surface area contributed by atoms with Crippen LogP contribution in [0, 0.1) is 34.5 Å². The van der Waals surface area contributed by atoms with Crippen LogP contribution in [0.3, 0.4) is 0 Å². The van der Waals surface area contributed by atoms with Gasteiger partial charge in [-0.1, -0.05) is 193 Å². The van der Waals surface area contributed by atoms with E-state index in [0.717, 1.165) is 135 Å². The number of hydrogen-bond acceptors (Lipinski definition) is 9. The van der Waals surface area contributed by atoms with Gasteiger partial charge in [-0.3, -0.25) is 19.2 Å². The Morgan fingerprint density at radius 1 is 0.551 bits per heavy atom. The number of ether oxygens (including phenoxy) is 3. The molecule has 0 aromatic heterocycles. The minimum Gasteiger partial charge on any atom is -0.466 e. The van der Waals surface area contributed by atoms with Gasteiger partial charge in [0, 0.05) is 44.2 Å². The van der Waals surface area contributed by atoms with Crippen molar-refractivity contribution in [3.63, 3.8) is 0 Å². The number of fused-ring (bicyclic) bond motifs is 5. The van der Waals surface area contributed by atoms with Crippen LogP contribution in [0.5, 0.6) is 0 Å². The largest absolute Gasteiger partial charge is 0.466 e. The summed E-state index contributed by atoms with van der Waals surface area (Å²) in [5, 5.41) is 9.72. The highest BCUT2D eigenvalue weighted by atomic mass is 16.5. The molecule has 7 unspecified atom stereocenters. The van der Waals surface area contributed by atoms with Gasteiger partial charge < -0.3 is 24.2 Å². The number of allylic oxidation sites excluding steroid dienone is 1. The number of aliphatic hydroxyl groups is 1. The monoisotopic (exact) mass is 1090 g/mol. The lowest BCUT2D eigenvalue weighted by Crippen LogP contribution is -2.51. The zero-order valence-electron chi connectivity index (χ0n) is 51.6. The topological polar surface area (TPSA) is 119 Å². The van der Waals surface area contributed by atoms with Crippen LogP contribution in [-0.2, 0) is 33.4 Å². The summed E-state index contributed by atoms with van der Waals surface area (Å²) in [4.78, 5) is 54.3. The molecule has 0 amide bonds. The molecule has 4 rings (SSSR count). The first-order valence-corrected chi connectivity index (χ1v) is 34.0. The van der Waals surface area contributed by atoms with E-state index in [0.29, 0.717) is 56.0 Å². The Bertz CT molecular complexity index is 1600. The highest BCUT2D eigenvalue weighted by Gasteiger charge is 2.59. The molecule has 9 heteroatoms. The molecule has 0 heterocycles. The summed E-state index contributed by atoms with van der Waals surface area (Å²) in [6.07, 6.45) is 52.0. The van der Waals surface area contributed by atoms with E-state index in [2.05, 4.69) is 38.7 Å². The molecular formula is C69H123NO8. The first-order chi connectivity index (χ1) is 38.0. The van der Waals surface area contributed by atoms with Crippen molar-refractivity contribution in [2.75, 3.05) is 32.9 Å². The van der Waals surface area contributed by atoms with Crippen LogP contribution in [0.25, 0.3) is 0 Å².